The standard InChI is InChI=1S/C13H26/c1-6-8-13(5)10-7-9-12(3,4)11(13)2/h11H,6-10H2,1-5H3. The maximum Gasteiger partial charge on any atom is -0.0295 e. The fraction of sp³-hybridized carbons (Fsp3) is 1.00. The van der Waals surface area contributed by atoms with Crippen LogP contribution in [-0.4, -0.2) is 0 Å². The van der Waals surface area contributed by atoms with Gasteiger partial charge < -0.3 is 0 Å². The first-order valence-electron chi connectivity index (χ1n) is 5.92. The fourth-order valence-electron chi connectivity index (χ4n) is 3.24. The molecule has 0 bridgehead atoms. The molecule has 0 spiro atoms. The van der Waals surface area contributed by atoms with Crippen molar-refractivity contribution in [3.05, 3.63) is 0 Å². The first kappa shape index (κ1) is 11.1. The topological polar surface area (TPSA) is 0 Å². The second-order valence-electron chi connectivity index (χ2n) is 5.97. The summed E-state index contributed by atoms with van der Waals surface area (Å²) in [6, 6.07) is 0. The quantitative estimate of drug-likeness (QED) is 0.583. The van der Waals surface area contributed by atoms with Gasteiger partial charge in [0.05, 0.1) is 0 Å². The predicted octanol–water partition coefficient (Wildman–Crippen LogP) is 4.64. The van der Waals surface area contributed by atoms with Gasteiger partial charge in [-0.2, -0.15) is 0 Å². The fourth-order valence-corrected chi connectivity index (χ4v) is 3.24. The van der Waals surface area contributed by atoms with Crippen LogP contribution in [0.4, 0.5) is 0 Å². The minimum absolute atomic E-state index is 0.572. The Morgan fingerprint density at radius 3 is 2.31 bits per heavy atom. The lowest BCUT2D eigenvalue weighted by Gasteiger charge is -2.49. The van der Waals surface area contributed by atoms with Crippen LogP contribution in [-0.2, 0) is 0 Å². The van der Waals surface area contributed by atoms with Gasteiger partial charge in [0.2, 0.25) is 0 Å². The largest absolute Gasteiger partial charge is 0.0654 e. The molecule has 1 aliphatic carbocycles. The van der Waals surface area contributed by atoms with E-state index in [-0.39, 0.29) is 0 Å². The highest BCUT2D eigenvalue weighted by Gasteiger charge is 2.42. The minimum Gasteiger partial charge on any atom is -0.0654 e. The van der Waals surface area contributed by atoms with E-state index in [4.69, 9.17) is 0 Å². The zero-order valence-corrected chi connectivity index (χ0v) is 10.1. The van der Waals surface area contributed by atoms with Gasteiger partial charge in [0.1, 0.15) is 0 Å². The Kier molecular flexibility index (Phi) is 3.09. The molecule has 0 saturated heterocycles. The molecular formula is C13H26. The second-order valence-corrected chi connectivity index (χ2v) is 5.97. The van der Waals surface area contributed by atoms with E-state index < -0.39 is 0 Å². The molecule has 0 N–H and O–H groups in total. The van der Waals surface area contributed by atoms with Crippen LogP contribution in [0.1, 0.15) is 66.7 Å². The summed E-state index contributed by atoms with van der Waals surface area (Å²) in [5, 5.41) is 0. The zero-order valence-electron chi connectivity index (χ0n) is 10.1. The molecule has 0 aliphatic heterocycles. The molecular weight excluding hydrogens is 156 g/mol. The molecule has 0 aromatic heterocycles. The average Bonchev–Trinajstić information content (AvgIpc) is 2.01. The van der Waals surface area contributed by atoms with Gasteiger partial charge in [0.15, 0.2) is 0 Å². The van der Waals surface area contributed by atoms with Crippen LogP contribution in [0.3, 0.4) is 0 Å². The van der Waals surface area contributed by atoms with Crippen molar-refractivity contribution in [2.75, 3.05) is 0 Å². The second kappa shape index (κ2) is 3.63. The molecule has 0 radical (unpaired) electrons. The van der Waals surface area contributed by atoms with E-state index in [1.54, 1.807) is 0 Å². The molecule has 78 valence electrons. The van der Waals surface area contributed by atoms with Crippen LogP contribution >= 0.6 is 0 Å². The van der Waals surface area contributed by atoms with Gasteiger partial charge in [-0.25, -0.2) is 0 Å². The van der Waals surface area contributed by atoms with Crippen LogP contribution in [0.5, 0.6) is 0 Å². The molecule has 0 heterocycles. The molecule has 0 amide bonds. The summed E-state index contributed by atoms with van der Waals surface area (Å²) >= 11 is 0. The molecule has 0 nitrogen and oxygen atoms in total. The van der Waals surface area contributed by atoms with Gasteiger partial charge in [-0.1, -0.05) is 47.5 Å². The van der Waals surface area contributed by atoms with Crippen molar-refractivity contribution in [2.45, 2.75) is 66.7 Å². The Balaban J connectivity index is 2.75. The van der Waals surface area contributed by atoms with Crippen molar-refractivity contribution in [1.82, 2.24) is 0 Å². The van der Waals surface area contributed by atoms with E-state index >= 15 is 0 Å². The highest BCUT2D eigenvalue weighted by molar-refractivity contribution is 4.92. The van der Waals surface area contributed by atoms with Gasteiger partial charge in [-0.05, 0) is 36.0 Å². The van der Waals surface area contributed by atoms with E-state index in [1.165, 1.54) is 32.1 Å². The van der Waals surface area contributed by atoms with Crippen molar-refractivity contribution in [1.29, 1.82) is 0 Å². The Morgan fingerprint density at radius 2 is 1.77 bits per heavy atom. The molecule has 1 fully saturated rings. The van der Waals surface area contributed by atoms with Crippen LogP contribution < -0.4 is 0 Å². The Labute approximate surface area is 84.1 Å². The highest BCUT2D eigenvalue weighted by Crippen LogP contribution is 2.52. The average molecular weight is 182 g/mol. The monoisotopic (exact) mass is 182 g/mol. The summed E-state index contributed by atoms with van der Waals surface area (Å²) in [5.74, 6) is 0.883. The maximum absolute atomic E-state index is 2.50. The third-order valence-corrected chi connectivity index (χ3v) is 4.61. The summed E-state index contributed by atoms with van der Waals surface area (Å²) in [5.41, 5.74) is 1.19. The van der Waals surface area contributed by atoms with Gasteiger partial charge in [-0.3, -0.25) is 0 Å². The van der Waals surface area contributed by atoms with Crippen molar-refractivity contribution >= 4 is 0 Å². The lowest BCUT2D eigenvalue weighted by molar-refractivity contribution is 0.00774. The molecule has 1 rings (SSSR count). The van der Waals surface area contributed by atoms with Crippen molar-refractivity contribution in [2.24, 2.45) is 16.7 Å². The summed E-state index contributed by atoms with van der Waals surface area (Å²) in [4.78, 5) is 0. The molecule has 0 aromatic rings. The highest BCUT2D eigenvalue weighted by atomic mass is 14.5. The summed E-state index contributed by atoms with van der Waals surface area (Å²) in [6.07, 6.45) is 7.07. The Morgan fingerprint density at radius 1 is 1.15 bits per heavy atom. The van der Waals surface area contributed by atoms with E-state index in [0.29, 0.717) is 10.8 Å². The molecule has 0 heteroatoms. The van der Waals surface area contributed by atoms with Crippen LogP contribution in [0.15, 0.2) is 0 Å². The maximum atomic E-state index is 2.50. The lowest BCUT2D eigenvalue weighted by Crippen LogP contribution is -2.40. The van der Waals surface area contributed by atoms with Gasteiger partial charge in [0, 0.05) is 0 Å². The van der Waals surface area contributed by atoms with E-state index in [1.807, 2.05) is 0 Å². The number of rotatable bonds is 2. The predicted molar refractivity (Wildman–Crippen MR) is 59.8 cm³/mol. The third-order valence-electron chi connectivity index (χ3n) is 4.61. The first-order valence-corrected chi connectivity index (χ1v) is 5.92. The molecule has 1 aliphatic rings. The third kappa shape index (κ3) is 2.08. The smallest absolute Gasteiger partial charge is 0.0295 e. The van der Waals surface area contributed by atoms with Crippen LogP contribution in [0.2, 0.25) is 0 Å². The SMILES string of the molecule is CCCC1(C)CCCC(C)(C)C1C. The Bertz CT molecular complexity index is 165. The normalized spacial score (nSPS) is 39.0. The molecule has 0 aromatic carbocycles. The molecule has 13 heavy (non-hydrogen) atoms. The number of hydrogen-bond acceptors (Lipinski definition) is 0. The van der Waals surface area contributed by atoms with Crippen LogP contribution in [0.25, 0.3) is 0 Å². The van der Waals surface area contributed by atoms with Crippen molar-refractivity contribution < 1.29 is 0 Å². The molecule has 2 unspecified atom stereocenters. The minimum atomic E-state index is 0.572. The summed E-state index contributed by atoms with van der Waals surface area (Å²) in [7, 11) is 0. The van der Waals surface area contributed by atoms with Gasteiger partial charge in [-0.15, -0.1) is 0 Å². The zero-order chi connectivity index (χ0) is 10.1. The van der Waals surface area contributed by atoms with Crippen molar-refractivity contribution in [3.63, 3.8) is 0 Å². The summed E-state index contributed by atoms with van der Waals surface area (Å²) < 4.78 is 0. The van der Waals surface area contributed by atoms with E-state index in [9.17, 15) is 0 Å². The first-order chi connectivity index (χ1) is 5.92. The lowest BCUT2D eigenvalue weighted by atomic mass is 9.56. The Hall–Kier alpha value is 0. The van der Waals surface area contributed by atoms with Gasteiger partial charge in [0.25, 0.3) is 0 Å². The molecule has 2 atom stereocenters. The van der Waals surface area contributed by atoms with E-state index in [0.717, 1.165) is 5.92 Å². The number of hydrogen-bond donors (Lipinski definition) is 0. The van der Waals surface area contributed by atoms with Gasteiger partial charge >= 0.3 is 0 Å². The van der Waals surface area contributed by atoms with Crippen LogP contribution in [0, 0.1) is 16.7 Å². The van der Waals surface area contributed by atoms with Crippen molar-refractivity contribution in [3.8, 4) is 0 Å². The summed E-state index contributed by atoms with van der Waals surface area (Å²) in [6.45, 7) is 12.2. The molecule has 1 saturated carbocycles. The van der Waals surface area contributed by atoms with E-state index in [2.05, 4.69) is 34.6 Å².